The maximum atomic E-state index is 14.8. The lowest BCUT2D eigenvalue weighted by molar-refractivity contribution is -0.166. The molecule has 3 rings (SSSR count). The van der Waals surface area contributed by atoms with Gasteiger partial charge in [0.15, 0.2) is 0 Å². The quantitative estimate of drug-likeness (QED) is 0.0708. The molecular weight excluding hydrogens is 869 g/mol. The molecule has 1 aromatic carbocycles. The second-order valence-electron chi connectivity index (χ2n) is 18.4. The monoisotopic (exact) mass is 943 g/mol. The van der Waals surface area contributed by atoms with Gasteiger partial charge in [-0.3, -0.25) is 38.4 Å². The van der Waals surface area contributed by atoms with Crippen LogP contribution in [0.5, 0.6) is 0 Å². The van der Waals surface area contributed by atoms with E-state index in [1.165, 1.54) is 18.9 Å². The molecule has 67 heavy (non-hydrogen) atoms. The third-order valence-electron chi connectivity index (χ3n) is 12.0. The average molecular weight is 943 g/mol. The zero-order valence-corrected chi connectivity index (χ0v) is 40.3. The molecule has 2 saturated heterocycles. The number of cyclic esters (lactones) is 1. The number of aliphatic carboxylic acids is 1. The number of amides is 7. The van der Waals surface area contributed by atoms with Gasteiger partial charge in [0.2, 0.25) is 41.4 Å². The molecule has 0 aliphatic carbocycles. The van der Waals surface area contributed by atoms with Gasteiger partial charge in [0.1, 0.15) is 54.6 Å². The number of likely N-dealkylation sites (N-methyl/N-ethyl adjacent to an activating group) is 1. The maximum absolute atomic E-state index is 14.8. The largest absolute Gasteiger partial charge is 0.481 e. The molecule has 20 nitrogen and oxygen atoms in total. The minimum Gasteiger partial charge on any atom is -0.481 e. The van der Waals surface area contributed by atoms with Crippen molar-refractivity contribution in [2.75, 3.05) is 20.6 Å². The first kappa shape index (κ1) is 55.7. The Morgan fingerprint density at radius 3 is 2.16 bits per heavy atom. The van der Waals surface area contributed by atoms with Crippen molar-refractivity contribution in [3.05, 3.63) is 35.9 Å². The molecular formula is C47H74N8O12. The number of hydrogen-bond donors (Lipinski definition) is 8. The number of carboxylic acids is 1. The third-order valence-corrected chi connectivity index (χ3v) is 12.0. The zero-order valence-electron chi connectivity index (χ0n) is 40.3. The van der Waals surface area contributed by atoms with Crippen molar-refractivity contribution >= 4 is 53.3 Å². The predicted molar refractivity (Wildman–Crippen MR) is 246 cm³/mol. The van der Waals surface area contributed by atoms with E-state index in [2.05, 4.69) is 31.9 Å². The van der Waals surface area contributed by atoms with E-state index in [9.17, 15) is 53.4 Å². The maximum Gasteiger partial charge on any atom is 0.329 e. The number of nitrogens with one attached hydrogen (secondary N) is 6. The van der Waals surface area contributed by atoms with Crippen molar-refractivity contribution in [2.24, 2.45) is 11.8 Å². The van der Waals surface area contributed by atoms with Gasteiger partial charge >= 0.3 is 11.9 Å². The summed E-state index contributed by atoms with van der Waals surface area (Å²) >= 11 is 0. The number of hydrogen-bond acceptors (Lipinski definition) is 12. The molecule has 2 fully saturated rings. The molecule has 2 aliphatic heterocycles. The topological polar surface area (TPSA) is 282 Å². The molecule has 0 saturated carbocycles. The highest BCUT2D eigenvalue weighted by molar-refractivity contribution is 5.98. The lowest BCUT2D eigenvalue weighted by Gasteiger charge is -2.43. The Bertz CT molecular complexity index is 1870. The molecule has 7 amide bonds. The van der Waals surface area contributed by atoms with Gasteiger partial charge in [0.25, 0.3) is 0 Å². The first-order chi connectivity index (χ1) is 31.7. The number of ether oxygens (including phenoxy) is 1. The van der Waals surface area contributed by atoms with Gasteiger partial charge < -0.3 is 56.7 Å². The summed E-state index contributed by atoms with van der Waals surface area (Å²) in [4.78, 5) is 128. The summed E-state index contributed by atoms with van der Waals surface area (Å²) in [5.74, 6) is -8.93. The number of nitrogens with zero attached hydrogens (tertiary/aromatic N) is 2. The number of esters is 1. The minimum atomic E-state index is -1.80. The summed E-state index contributed by atoms with van der Waals surface area (Å²) in [6, 6.07) is -1.13. The third kappa shape index (κ3) is 16.9. The van der Waals surface area contributed by atoms with Crippen molar-refractivity contribution in [1.82, 2.24) is 41.7 Å². The molecule has 9 atom stereocenters. The van der Waals surface area contributed by atoms with Crippen molar-refractivity contribution in [3.8, 4) is 0 Å². The number of aliphatic hydroxyl groups excluding tert-OH is 1. The van der Waals surface area contributed by atoms with Gasteiger partial charge in [0.05, 0.1) is 6.42 Å². The number of carbonyl (C=O) groups excluding carboxylic acids is 8. The number of benzene rings is 1. The molecule has 20 heteroatoms. The molecule has 3 unspecified atom stereocenters. The fourth-order valence-corrected chi connectivity index (χ4v) is 8.17. The Morgan fingerprint density at radius 2 is 1.55 bits per heavy atom. The lowest BCUT2D eigenvalue weighted by atomic mass is 9.94. The van der Waals surface area contributed by atoms with Gasteiger partial charge in [-0.05, 0) is 82.9 Å². The summed E-state index contributed by atoms with van der Waals surface area (Å²) in [6.45, 7) is 10.7. The van der Waals surface area contributed by atoms with Gasteiger partial charge in [-0.15, -0.1) is 0 Å². The normalized spacial score (nSPS) is 25.2. The van der Waals surface area contributed by atoms with E-state index in [1.54, 1.807) is 51.2 Å². The van der Waals surface area contributed by atoms with Crippen LogP contribution in [0.15, 0.2) is 30.3 Å². The summed E-state index contributed by atoms with van der Waals surface area (Å²) in [5, 5.41) is 37.1. The molecule has 0 aromatic heterocycles. The predicted octanol–water partition coefficient (Wildman–Crippen LogP) is 0.882. The number of unbranched alkanes of at least 4 members (excludes halogenated alkanes) is 3. The van der Waals surface area contributed by atoms with Crippen LogP contribution in [-0.2, 0) is 54.3 Å². The zero-order chi connectivity index (χ0) is 50.0. The van der Waals surface area contributed by atoms with Crippen molar-refractivity contribution in [3.63, 3.8) is 0 Å². The van der Waals surface area contributed by atoms with E-state index in [0.717, 1.165) is 11.3 Å². The number of carboxylic acid groups (broad SMARTS) is 1. The van der Waals surface area contributed by atoms with Crippen LogP contribution in [0.25, 0.3) is 0 Å². The Kier molecular flexibility index (Phi) is 22.7. The molecule has 0 radical (unpaired) electrons. The van der Waals surface area contributed by atoms with Gasteiger partial charge in [0, 0.05) is 19.9 Å². The Hall–Kier alpha value is -5.63. The second-order valence-corrected chi connectivity index (χ2v) is 18.4. The van der Waals surface area contributed by atoms with E-state index < -0.39 is 120 Å². The van der Waals surface area contributed by atoms with Crippen molar-refractivity contribution in [2.45, 2.75) is 173 Å². The van der Waals surface area contributed by atoms with Crippen molar-refractivity contribution in [1.29, 1.82) is 0 Å². The van der Waals surface area contributed by atoms with E-state index in [1.807, 2.05) is 20.8 Å². The van der Waals surface area contributed by atoms with E-state index >= 15 is 0 Å². The van der Waals surface area contributed by atoms with Crippen LogP contribution in [0.1, 0.15) is 118 Å². The lowest BCUT2D eigenvalue weighted by Crippen LogP contribution is -2.65. The summed E-state index contributed by atoms with van der Waals surface area (Å²) < 4.78 is 5.85. The number of piperidine rings is 1. The Balaban J connectivity index is 2.21. The summed E-state index contributed by atoms with van der Waals surface area (Å²) in [7, 11) is 3.15. The SMILES string of the molecule is CCCCCC(=O)NC(CC(=O)O)C(=O)N[C@@H]1C(=O)N[C@@H](CCCCNC)C(=O)NC2CCC(O)N(C2=O)[C@@H](CC(C)C)C(=O)N(C)[C@@H](Cc2ccccc2)C(=O)N[C@@H](C(C)C)C(=O)O[C@@H]1C. The second kappa shape index (κ2) is 27.2. The first-order valence-electron chi connectivity index (χ1n) is 23.6. The van der Waals surface area contributed by atoms with Crippen LogP contribution in [0.2, 0.25) is 0 Å². The first-order valence-corrected chi connectivity index (χ1v) is 23.6. The van der Waals surface area contributed by atoms with E-state index in [4.69, 9.17) is 4.74 Å². The van der Waals surface area contributed by atoms with Crippen LogP contribution < -0.4 is 31.9 Å². The number of fused-ring (bicyclic) bond motifs is 2. The van der Waals surface area contributed by atoms with Crippen LogP contribution in [0.3, 0.4) is 0 Å². The number of rotatable bonds is 19. The average Bonchev–Trinajstić information content (AvgIpc) is 3.26. The number of carbonyl (C=O) groups is 9. The standard InChI is InChI=1S/C47H74N8O12/c1-9-10-12-20-36(56)49-33(26-38(58)59)42(61)53-40-29(6)67-47(66)39(28(4)5)52-43(62)34(25-30-17-13-11-14-18-30)54(8)46(65)35(24-27(2)3)55-37(57)22-21-32(45(55)64)51-41(60)31(50-44(40)63)19-15-16-23-48-7/h11,13-14,17-18,27-29,31-35,37,39-40,48,57H,9-10,12,15-16,19-26H2,1-8H3,(H,49,56)(H,50,63)(H,51,60)(H,52,62)(H,53,61)(H,58,59)/t29-,31+,32?,33?,34+,35+,37?,39+,40+/m1/s1. The molecule has 2 aliphatic rings. The Morgan fingerprint density at radius 1 is 0.866 bits per heavy atom. The summed E-state index contributed by atoms with van der Waals surface area (Å²) in [5.41, 5.74) is 0.665. The highest BCUT2D eigenvalue weighted by atomic mass is 16.5. The summed E-state index contributed by atoms with van der Waals surface area (Å²) in [6.07, 6.45) is -0.778. The van der Waals surface area contributed by atoms with E-state index in [0.29, 0.717) is 37.8 Å². The van der Waals surface area contributed by atoms with Crippen LogP contribution >= 0.6 is 0 Å². The molecule has 374 valence electrons. The highest BCUT2D eigenvalue weighted by Gasteiger charge is 2.46. The van der Waals surface area contributed by atoms with Gasteiger partial charge in [-0.25, -0.2) is 4.79 Å². The number of aliphatic hydroxyl groups is 1. The molecule has 2 heterocycles. The molecule has 2 bridgehead atoms. The van der Waals surface area contributed by atoms with Crippen molar-refractivity contribution < 1.29 is 58.1 Å². The van der Waals surface area contributed by atoms with Gasteiger partial charge in [-0.1, -0.05) is 77.8 Å². The van der Waals surface area contributed by atoms with E-state index in [-0.39, 0.29) is 44.4 Å². The minimum absolute atomic E-state index is 0.0105. The van der Waals surface area contributed by atoms with Crippen LogP contribution in [0, 0.1) is 11.8 Å². The smallest absolute Gasteiger partial charge is 0.329 e. The van der Waals surface area contributed by atoms with Gasteiger partial charge in [-0.2, -0.15) is 0 Å². The fourth-order valence-electron chi connectivity index (χ4n) is 8.17. The molecule has 0 spiro atoms. The molecule has 8 N–H and O–H groups in total. The van der Waals surface area contributed by atoms with Crippen LogP contribution in [0.4, 0.5) is 0 Å². The highest BCUT2D eigenvalue weighted by Crippen LogP contribution is 2.26. The fraction of sp³-hybridized carbons (Fsp3) is 0.681. The van der Waals surface area contributed by atoms with Crippen LogP contribution in [-0.4, -0.2) is 149 Å². The molecule has 1 aromatic rings. The Labute approximate surface area is 393 Å².